The first-order valence-corrected chi connectivity index (χ1v) is 4.24. The fourth-order valence-corrected chi connectivity index (χ4v) is 0. The van der Waals surface area contributed by atoms with Crippen molar-refractivity contribution in [2.45, 2.75) is 41.0 Å². The third-order valence-corrected chi connectivity index (χ3v) is 1.22. The zero-order chi connectivity index (χ0) is 10.4. The van der Waals surface area contributed by atoms with Crippen molar-refractivity contribution in [3.63, 3.8) is 0 Å². The molecule has 0 saturated carbocycles. The summed E-state index contributed by atoms with van der Waals surface area (Å²) in [5, 5.41) is 8.25. The molecule has 0 aromatic carbocycles. The molecule has 0 saturated heterocycles. The van der Waals surface area contributed by atoms with Crippen LogP contribution in [0.2, 0.25) is 0 Å². The van der Waals surface area contributed by atoms with Gasteiger partial charge in [0.25, 0.3) is 0 Å². The summed E-state index contributed by atoms with van der Waals surface area (Å²) in [6.07, 6.45) is 1.06. The Balaban J connectivity index is -0.000000150. The maximum atomic E-state index is 10.0. The van der Waals surface area contributed by atoms with Crippen LogP contribution in [-0.4, -0.2) is 11.1 Å². The van der Waals surface area contributed by atoms with E-state index in [1.54, 1.807) is 20.8 Å². The van der Waals surface area contributed by atoms with Crippen molar-refractivity contribution < 1.29 is 29.4 Å². The molecule has 0 aliphatic rings. The van der Waals surface area contributed by atoms with E-state index in [0.29, 0.717) is 0 Å². The molecule has 0 bridgehead atoms. The molecule has 0 spiro atoms. The average Bonchev–Trinajstić information content (AvgIpc) is 1.87. The molecule has 0 aromatic rings. The van der Waals surface area contributed by atoms with E-state index >= 15 is 0 Å². The van der Waals surface area contributed by atoms with Crippen LogP contribution in [0.1, 0.15) is 41.0 Å². The van der Waals surface area contributed by atoms with E-state index in [1.165, 1.54) is 0 Å². The van der Waals surface area contributed by atoms with Crippen LogP contribution in [0, 0.1) is 18.3 Å². The summed E-state index contributed by atoms with van der Waals surface area (Å²) in [7, 11) is 0. The topological polar surface area (TPSA) is 37.3 Å². The van der Waals surface area contributed by atoms with Crippen molar-refractivity contribution in [3.05, 3.63) is 6.92 Å². The van der Waals surface area contributed by atoms with Crippen LogP contribution in [0.5, 0.6) is 0 Å². The van der Waals surface area contributed by atoms with Crippen LogP contribution in [-0.2, 0) is 24.3 Å². The van der Waals surface area contributed by atoms with Gasteiger partial charge in [-0.1, -0.05) is 19.8 Å². The second kappa shape index (κ2) is 8.68. The van der Waals surface area contributed by atoms with Gasteiger partial charge < -0.3 is 12.0 Å². The van der Waals surface area contributed by atoms with Crippen molar-refractivity contribution in [2.24, 2.45) is 11.3 Å². The Bertz CT molecular complexity index is 125. The molecule has 0 aliphatic heterocycles. The molecular formula is C10H21O2Zn-. The van der Waals surface area contributed by atoms with Crippen LogP contribution in [0.15, 0.2) is 0 Å². The van der Waals surface area contributed by atoms with Crippen molar-refractivity contribution in [1.29, 1.82) is 0 Å². The number of hydrogen-bond donors (Lipinski definition) is 1. The van der Waals surface area contributed by atoms with Crippen LogP contribution in [0.25, 0.3) is 0 Å². The van der Waals surface area contributed by atoms with Gasteiger partial charge in [-0.25, -0.2) is 0 Å². The summed E-state index contributed by atoms with van der Waals surface area (Å²) in [6, 6.07) is 0. The van der Waals surface area contributed by atoms with Crippen molar-refractivity contribution in [3.8, 4) is 0 Å². The van der Waals surface area contributed by atoms with Gasteiger partial charge in [0, 0.05) is 19.5 Å². The number of hydrogen-bond acceptors (Lipinski definition) is 1. The number of rotatable bonds is 1. The summed E-state index contributed by atoms with van der Waals surface area (Å²) >= 11 is 0. The standard InChI is InChI=1S/C5H10O2.C5H11.Zn/c1-5(2,3)4(6)7;1-4-5(2)3;/h1-3H3,(H,6,7);5H,1,4H2,2-3H3;/q;-1;. The van der Waals surface area contributed by atoms with Gasteiger partial charge in [0.1, 0.15) is 0 Å². The third-order valence-electron chi connectivity index (χ3n) is 1.22. The Labute approximate surface area is 94.9 Å². The minimum atomic E-state index is -0.757. The molecule has 76 valence electrons. The zero-order valence-corrected chi connectivity index (χ0v) is 12.5. The molecule has 0 fully saturated rings. The SMILES string of the molecule is CC(C)(C)C(=O)O.[CH2-]CC(C)C.[Zn]. The largest absolute Gasteiger partial charge is 0.481 e. The van der Waals surface area contributed by atoms with E-state index in [1.807, 2.05) is 0 Å². The van der Waals surface area contributed by atoms with Gasteiger partial charge in [-0.2, -0.15) is 6.42 Å². The van der Waals surface area contributed by atoms with Crippen molar-refractivity contribution in [1.82, 2.24) is 0 Å². The molecule has 0 heterocycles. The van der Waals surface area contributed by atoms with E-state index in [4.69, 9.17) is 5.11 Å². The Morgan fingerprint density at radius 2 is 1.54 bits per heavy atom. The summed E-state index contributed by atoms with van der Waals surface area (Å²) in [4.78, 5) is 10.0. The van der Waals surface area contributed by atoms with Crippen LogP contribution >= 0.6 is 0 Å². The van der Waals surface area contributed by atoms with E-state index in [0.717, 1.165) is 12.3 Å². The normalized spacial score (nSPS) is 9.77. The Hall–Kier alpha value is 0.0934. The molecule has 0 atom stereocenters. The molecule has 0 unspecified atom stereocenters. The van der Waals surface area contributed by atoms with E-state index in [2.05, 4.69) is 20.8 Å². The van der Waals surface area contributed by atoms with Gasteiger partial charge in [0.05, 0.1) is 5.41 Å². The first-order valence-electron chi connectivity index (χ1n) is 4.24. The maximum Gasteiger partial charge on any atom is 0.308 e. The minimum absolute atomic E-state index is 0. The number of carbonyl (C=O) groups is 1. The molecule has 0 aliphatic carbocycles. The summed E-state index contributed by atoms with van der Waals surface area (Å²) in [6.45, 7) is 13.0. The number of aliphatic carboxylic acids is 1. The molecule has 2 nitrogen and oxygen atoms in total. The van der Waals surface area contributed by atoms with Gasteiger partial charge in [-0.3, -0.25) is 4.79 Å². The molecule has 0 amide bonds. The predicted octanol–water partition coefficient (Wildman–Crippen LogP) is 2.98. The molecule has 1 N–H and O–H groups in total. The van der Waals surface area contributed by atoms with E-state index < -0.39 is 11.4 Å². The second-order valence-electron chi connectivity index (χ2n) is 4.24. The predicted molar refractivity (Wildman–Crippen MR) is 51.9 cm³/mol. The maximum absolute atomic E-state index is 10.0. The van der Waals surface area contributed by atoms with E-state index in [9.17, 15) is 4.79 Å². The molecular weight excluding hydrogens is 217 g/mol. The molecule has 13 heavy (non-hydrogen) atoms. The number of carboxylic acid groups (broad SMARTS) is 1. The van der Waals surface area contributed by atoms with Gasteiger partial charge in [0.2, 0.25) is 0 Å². The van der Waals surface area contributed by atoms with Crippen molar-refractivity contribution >= 4 is 5.97 Å². The quantitative estimate of drug-likeness (QED) is 0.563. The fraction of sp³-hybridized carbons (Fsp3) is 0.800. The van der Waals surface area contributed by atoms with Crippen molar-refractivity contribution in [2.75, 3.05) is 0 Å². The minimum Gasteiger partial charge on any atom is -0.481 e. The monoisotopic (exact) mass is 237 g/mol. The first kappa shape index (κ1) is 18.8. The van der Waals surface area contributed by atoms with Crippen LogP contribution in [0.4, 0.5) is 0 Å². The summed E-state index contributed by atoms with van der Waals surface area (Å²) in [5.74, 6) is 0.0162. The molecule has 3 heteroatoms. The van der Waals surface area contributed by atoms with Crippen LogP contribution < -0.4 is 0 Å². The first-order chi connectivity index (χ1) is 5.21. The van der Waals surface area contributed by atoms with Gasteiger partial charge in [-0.05, 0) is 20.8 Å². The van der Waals surface area contributed by atoms with Gasteiger partial charge in [-0.15, -0.1) is 0 Å². The zero-order valence-electron chi connectivity index (χ0n) is 9.55. The Kier molecular flexibility index (Phi) is 12.6. The average molecular weight is 239 g/mol. The number of carboxylic acids is 1. The molecule has 0 aromatic heterocycles. The Morgan fingerprint density at radius 1 is 1.38 bits per heavy atom. The van der Waals surface area contributed by atoms with Crippen LogP contribution in [0.3, 0.4) is 0 Å². The smallest absolute Gasteiger partial charge is 0.308 e. The summed E-state index contributed by atoms with van der Waals surface area (Å²) < 4.78 is 0. The summed E-state index contributed by atoms with van der Waals surface area (Å²) in [5.41, 5.74) is -0.583. The van der Waals surface area contributed by atoms with E-state index in [-0.39, 0.29) is 19.5 Å². The molecule has 0 rings (SSSR count). The third kappa shape index (κ3) is 18.8. The van der Waals surface area contributed by atoms with Gasteiger partial charge >= 0.3 is 5.97 Å². The van der Waals surface area contributed by atoms with Gasteiger partial charge in [0.15, 0.2) is 0 Å². The fourth-order valence-electron chi connectivity index (χ4n) is 0. The Morgan fingerprint density at radius 3 is 1.54 bits per heavy atom. The molecule has 0 radical (unpaired) electrons. The second-order valence-corrected chi connectivity index (χ2v) is 4.24.